The van der Waals surface area contributed by atoms with E-state index in [0.717, 1.165) is 11.0 Å². The monoisotopic (exact) mass is 204 g/mol. The average Bonchev–Trinajstić information content (AvgIpc) is 2.59. The van der Waals surface area contributed by atoms with E-state index in [4.69, 9.17) is 9.62 Å². The van der Waals surface area contributed by atoms with Gasteiger partial charge in [0.05, 0.1) is 0 Å². The van der Waals surface area contributed by atoms with Crippen LogP contribution >= 0.6 is 0 Å². The summed E-state index contributed by atoms with van der Waals surface area (Å²) in [5.74, 6) is 0.545. The Morgan fingerprint density at radius 2 is 2.20 bits per heavy atom. The van der Waals surface area contributed by atoms with Gasteiger partial charge < -0.3 is 14.9 Å². The van der Waals surface area contributed by atoms with Crippen LogP contribution in [-0.2, 0) is 0 Å². The van der Waals surface area contributed by atoms with Gasteiger partial charge in [-0.15, -0.1) is 0 Å². The lowest BCUT2D eigenvalue weighted by Gasteiger charge is -2.21. The Hall–Kier alpha value is -1.78. The largest absolute Gasteiger partial charge is 0.734 e. The second kappa shape index (κ2) is 3.76. The fraction of sp³-hybridized carbons (Fsp3) is 0.0909. The van der Waals surface area contributed by atoms with E-state index >= 15 is 0 Å². The molecule has 0 fully saturated rings. The van der Waals surface area contributed by atoms with Crippen molar-refractivity contribution in [3.05, 3.63) is 47.0 Å². The van der Waals surface area contributed by atoms with Crippen molar-refractivity contribution in [1.82, 2.24) is 5.23 Å². The Labute approximate surface area is 86.6 Å². The molecule has 0 bridgehead atoms. The van der Waals surface area contributed by atoms with E-state index in [9.17, 15) is 5.21 Å². The number of hydroxylamine groups is 2. The van der Waals surface area contributed by atoms with Crippen LogP contribution in [0, 0.1) is 5.21 Å². The topological polar surface area (TPSA) is 59.7 Å². The molecule has 1 N–H and O–H groups in total. The zero-order chi connectivity index (χ0) is 10.8. The quantitative estimate of drug-likeness (QED) is 0.764. The maximum absolute atomic E-state index is 10.5. The molecular weight excluding hydrogens is 194 g/mol. The fourth-order valence-corrected chi connectivity index (χ4v) is 1.33. The number of fused-ring (bicyclic) bond motifs is 1. The first-order valence-corrected chi connectivity index (χ1v) is 4.50. The Morgan fingerprint density at radius 1 is 1.47 bits per heavy atom. The van der Waals surface area contributed by atoms with Gasteiger partial charge in [-0.25, -0.2) is 0 Å². The van der Waals surface area contributed by atoms with Crippen LogP contribution in [0.25, 0.3) is 17.0 Å². The summed E-state index contributed by atoms with van der Waals surface area (Å²) in [5.41, 5.74) is 0.931. The van der Waals surface area contributed by atoms with Crippen LogP contribution in [0.4, 0.5) is 0 Å². The van der Waals surface area contributed by atoms with E-state index in [1.165, 1.54) is 13.0 Å². The highest BCUT2D eigenvalue weighted by Crippen LogP contribution is 2.20. The first-order chi connectivity index (χ1) is 7.16. The highest BCUT2D eigenvalue weighted by Gasteiger charge is 2.00. The van der Waals surface area contributed by atoms with E-state index in [1.54, 1.807) is 0 Å². The van der Waals surface area contributed by atoms with E-state index < -0.39 is 0 Å². The molecule has 15 heavy (non-hydrogen) atoms. The summed E-state index contributed by atoms with van der Waals surface area (Å²) in [5, 5.41) is 19.9. The number of rotatable bonds is 2. The van der Waals surface area contributed by atoms with Gasteiger partial charge >= 0.3 is 0 Å². The molecule has 2 rings (SSSR count). The first-order valence-electron chi connectivity index (χ1n) is 4.50. The van der Waals surface area contributed by atoms with Crippen LogP contribution in [0.3, 0.4) is 0 Å². The third-order valence-electron chi connectivity index (χ3n) is 2.10. The van der Waals surface area contributed by atoms with Gasteiger partial charge in [-0.1, -0.05) is 18.2 Å². The molecule has 1 aromatic heterocycles. The lowest BCUT2D eigenvalue weighted by Crippen LogP contribution is -2.05. The highest BCUT2D eigenvalue weighted by atomic mass is 16.8. The number of hydrogen-bond acceptors (Lipinski definition) is 4. The summed E-state index contributed by atoms with van der Waals surface area (Å²) in [6.07, 6.45) is 1.48. The van der Waals surface area contributed by atoms with Gasteiger partial charge in [-0.3, -0.25) is 5.21 Å². The van der Waals surface area contributed by atoms with Crippen molar-refractivity contribution in [3.63, 3.8) is 0 Å². The van der Waals surface area contributed by atoms with Gasteiger partial charge in [0.2, 0.25) is 0 Å². The van der Waals surface area contributed by atoms with E-state index in [-0.39, 0.29) is 10.9 Å². The molecule has 4 nitrogen and oxygen atoms in total. The zero-order valence-corrected chi connectivity index (χ0v) is 8.18. The smallest absolute Gasteiger partial charge is 0.134 e. The molecule has 1 heterocycles. The van der Waals surface area contributed by atoms with Crippen LogP contribution in [0.5, 0.6) is 0 Å². The standard InChI is InChI=1S/C11H10NO3/c1-8(12(13)14)6-10-7-9-4-2-3-5-11(9)15-10/h2-7,13H,1H3/q-1/b8-6+. The minimum atomic E-state index is -0.187. The summed E-state index contributed by atoms with van der Waals surface area (Å²) < 4.78 is 5.44. The molecule has 0 aliphatic heterocycles. The third kappa shape index (κ3) is 2.01. The molecule has 0 unspecified atom stereocenters. The molecule has 2 aromatic rings. The Kier molecular flexibility index (Phi) is 2.45. The van der Waals surface area contributed by atoms with E-state index in [0.29, 0.717) is 5.76 Å². The molecule has 0 saturated heterocycles. The van der Waals surface area contributed by atoms with E-state index in [1.807, 2.05) is 30.3 Å². The SMILES string of the molecule is C/C(=C\c1cc2ccccc2o1)N([O-])O. The first kappa shape index (κ1) is 9.76. The maximum atomic E-state index is 10.5. The van der Waals surface area contributed by atoms with Crippen molar-refractivity contribution in [2.45, 2.75) is 6.92 Å². The number of para-hydroxylation sites is 1. The molecule has 0 atom stereocenters. The lowest BCUT2D eigenvalue weighted by atomic mass is 10.2. The number of benzene rings is 1. The fourth-order valence-electron chi connectivity index (χ4n) is 1.33. The molecule has 78 valence electrons. The number of allylic oxidation sites excluding steroid dienone is 1. The molecule has 0 aliphatic carbocycles. The van der Waals surface area contributed by atoms with Crippen molar-refractivity contribution in [2.24, 2.45) is 0 Å². The summed E-state index contributed by atoms with van der Waals surface area (Å²) >= 11 is 0. The molecule has 0 spiro atoms. The number of nitrogens with zero attached hydrogens (tertiary/aromatic N) is 1. The molecule has 0 amide bonds. The summed E-state index contributed by atoms with van der Waals surface area (Å²) in [6, 6.07) is 9.35. The Bertz CT molecular complexity index is 466. The van der Waals surface area contributed by atoms with Crippen LogP contribution < -0.4 is 0 Å². The van der Waals surface area contributed by atoms with Crippen LogP contribution in [0.2, 0.25) is 0 Å². The van der Waals surface area contributed by atoms with Gasteiger partial charge in [0.25, 0.3) is 0 Å². The van der Waals surface area contributed by atoms with Gasteiger partial charge in [0, 0.05) is 17.2 Å². The molecule has 0 saturated carbocycles. The second-order valence-electron chi connectivity index (χ2n) is 3.25. The number of furan rings is 1. The van der Waals surface area contributed by atoms with Crippen LogP contribution in [0.15, 0.2) is 40.4 Å². The van der Waals surface area contributed by atoms with Crippen molar-refractivity contribution < 1.29 is 9.62 Å². The zero-order valence-electron chi connectivity index (χ0n) is 8.18. The predicted molar refractivity (Wildman–Crippen MR) is 56.9 cm³/mol. The minimum Gasteiger partial charge on any atom is -0.734 e. The number of hydrogen-bond donors (Lipinski definition) is 1. The maximum Gasteiger partial charge on any atom is 0.134 e. The summed E-state index contributed by atoms with van der Waals surface area (Å²) in [6.45, 7) is 1.50. The van der Waals surface area contributed by atoms with Crippen LogP contribution in [-0.4, -0.2) is 10.4 Å². The molecule has 4 heteroatoms. The third-order valence-corrected chi connectivity index (χ3v) is 2.10. The normalized spacial score (nSPS) is 12.1. The van der Waals surface area contributed by atoms with Gasteiger partial charge in [0.1, 0.15) is 11.3 Å². The summed E-state index contributed by atoms with van der Waals surface area (Å²) in [7, 11) is 0. The predicted octanol–water partition coefficient (Wildman–Crippen LogP) is 2.98. The van der Waals surface area contributed by atoms with E-state index in [2.05, 4.69) is 0 Å². The highest BCUT2D eigenvalue weighted by molar-refractivity contribution is 5.79. The molecule has 1 aromatic carbocycles. The van der Waals surface area contributed by atoms with Gasteiger partial charge in [0.15, 0.2) is 0 Å². The molecular formula is C11H10NO3-. The van der Waals surface area contributed by atoms with Gasteiger partial charge in [-0.05, 0) is 19.1 Å². The minimum absolute atomic E-state index is 0.175. The lowest BCUT2D eigenvalue weighted by molar-refractivity contribution is -0.00195. The Balaban J connectivity index is 2.41. The Morgan fingerprint density at radius 3 is 2.87 bits per heavy atom. The van der Waals surface area contributed by atoms with Crippen molar-refractivity contribution in [3.8, 4) is 0 Å². The van der Waals surface area contributed by atoms with Gasteiger partial charge in [-0.2, -0.15) is 0 Å². The second-order valence-corrected chi connectivity index (χ2v) is 3.25. The van der Waals surface area contributed by atoms with Crippen molar-refractivity contribution >= 4 is 17.0 Å². The van der Waals surface area contributed by atoms with Crippen LogP contribution in [0.1, 0.15) is 12.7 Å². The van der Waals surface area contributed by atoms with Crippen molar-refractivity contribution in [2.75, 3.05) is 0 Å². The summed E-state index contributed by atoms with van der Waals surface area (Å²) in [4.78, 5) is 0. The molecule has 0 radical (unpaired) electrons. The van der Waals surface area contributed by atoms with Crippen molar-refractivity contribution in [1.29, 1.82) is 0 Å². The molecule has 0 aliphatic rings. The average molecular weight is 204 g/mol.